The molecule has 0 spiro atoms. The molecule has 0 aromatic carbocycles. The van der Waals surface area contributed by atoms with Crippen molar-refractivity contribution in [3.05, 3.63) is 85.1 Å². The summed E-state index contributed by atoms with van der Waals surface area (Å²) >= 11 is 0. The summed E-state index contributed by atoms with van der Waals surface area (Å²) in [5.41, 5.74) is 0. The van der Waals surface area contributed by atoms with E-state index in [-0.39, 0.29) is 36.2 Å². The van der Waals surface area contributed by atoms with Gasteiger partial charge in [0.15, 0.2) is 12.1 Å². The third-order valence-electron chi connectivity index (χ3n) is 10.0. The maximum absolute atomic E-state index is 12.8. The van der Waals surface area contributed by atoms with Crippen LogP contribution in [0.4, 0.5) is 0 Å². The number of ether oxygens (including phenoxy) is 3. The van der Waals surface area contributed by atoms with E-state index in [0.29, 0.717) is 19.3 Å². The molecule has 1 N–H and O–H groups in total. The molecule has 0 rings (SSSR count). The molecule has 0 saturated carbocycles. The van der Waals surface area contributed by atoms with Crippen molar-refractivity contribution in [2.24, 2.45) is 0 Å². The van der Waals surface area contributed by atoms with Gasteiger partial charge < -0.3 is 23.8 Å². The number of carboxylic acids is 1. The Morgan fingerprint density at radius 3 is 1.32 bits per heavy atom. The first kappa shape index (κ1) is 56.5. The van der Waals surface area contributed by atoms with E-state index in [4.69, 9.17) is 14.2 Å². The Balaban J connectivity index is 4.35. The molecule has 0 bridgehead atoms. The lowest BCUT2D eigenvalue weighted by Gasteiger charge is -2.31. The topological polar surface area (TPSA) is 99.1 Å². The molecule has 342 valence electrons. The highest BCUT2D eigenvalue weighted by Gasteiger charge is 2.31. The number of rotatable bonds is 41. The maximum Gasteiger partial charge on any atom is 0.362 e. The molecule has 0 aliphatic rings. The van der Waals surface area contributed by atoms with Crippen molar-refractivity contribution in [2.75, 3.05) is 41.0 Å². The number of hydrogen-bond acceptors (Lipinski definition) is 6. The molecule has 2 atom stereocenters. The maximum atomic E-state index is 12.8. The number of allylic oxidation sites excluding steroid dienone is 14. The van der Waals surface area contributed by atoms with Gasteiger partial charge in [-0.15, -0.1) is 0 Å². The quantitative estimate of drug-likeness (QED) is 0.0283. The van der Waals surface area contributed by atoms with Crippen LogP contribution in [0.3, 0.4) is 0 Å². The first-order valence-corrected chi connectivity index (χ1v) is 23.6. The summed E-state index contributed by atoms with van der Waals surface area (Å²) in [6, 6.07) is -0.625. The number of carbonyl (C=O) groups is 3. The normalized spacial score (nSPS) is 13.7. The van der Waals surface area contributed by atoms with Crippen molar-refractivity contribution in [1.82, 2.24) is 0 Å². The van der Waals surface area contributed by atoms with Crippen LogP contribution in [0.15, 0.2) is 85.1 Å². The van der Waals surface area contributed by atoms with Crippen LogP contribution < -0.4 is 0 Å². The van der Waals surface area contributed by atoms with Crippen molar-refractivity contribution >= 4 is 17.9 Å². The van der Waals surface area contributed by atoms with Gasteiger partial charge in [-0.1, -0.05) is 157 Å². The van der Waals surface area contributed by atoms with Gasteiger partial charge >= 0.3 is 17.9 Å². The van der Waals surface area contributed by atoms with Gasteiger partial charge in [0, 0.05) is 19.3 Å². The van der Waals surface area contributed by atoms with E-state index < -0.39 is 18.1 Å². The molecule has 0 heterocycles. The van der Waals surface area contributed by atoms with Gasteiger partial charge in [-0.25, -0.2) is 4.79 Å². The first-order chi connectivity index (χ1) is 29.1. The molecule has 0 aromatic rings. The molecule has 2 unspecified atom stereocenters. The number of unbranched alkanes of at least 4 members (excludes halogenated alkanes) is 13. The fourth-order valence-electron chi connectivity index (χ4n) is 6.45. The van der Waals surface area contributed by atoms with E-state index in [1.54, 1.807) is 0 Å². The lowest BCUT2D eigenvalue weighted by molar-refractivity contribution is -0.887. The summed E-state index contributed by atoms with van der Waals surface area (Å²) in [7, 11) is 5.51. The van der Waals surface area contributed by atoms with Crippen LogP contribution in [-0.4, -0.2) is 80.6 Å². The smallest absolute Gasteiger partial charge is 0.362 e. The standard InChI is InChI=1S/C52H87NO7/c1-6-8-10-12-14-16-18-20-22-24-25-26-27-29-31-33-35-37-39-41-43-51(55)60-48(46-58-45-44-49(52(56)57)53(3,4)5)47-59-50(54)42-40-38-36-34-32-30-28-23-21-19-17-15-13-11-9-7-2/h8-11,14-17,20-23,30,32,48-49H,6-7,12-13,18-19,24-29,31,33-47H2,1-5H3/p+1/b10-8+,11-9+,16-14+,17-15+,22-20+,23-21+,32-30+. The van der Waals surface area contributed by atoms with E-state index in [9.17, 15) is 19.5 Å². The third kappa shape index (κ3) is 39.9. The van der Waals surface area contributed by atoms with Crippen molar-refractivity contribution < 1.29 is 38.2 Å². The van der Waals surface area contributed by atoms with Crippen LogP contribution in [0.2, 0.25) is 0 Å². The third-order valence-corrected chi connectivity index (χ3v) is 10.0. The van der Waals surface area contributed by atoms with Gasteiger partial charge in [0.2, 0.25) is 0 Å². The second-order valence-electron chi connectivity index (χ2n) is 16.6. The minimum absolute atomic E-state index is 0.0447. The largest absolute Gasteiger partial charge is 0.477 e. The second-order valence-corrected chi connectivity index (χ2v) is 16.6. The lowest BCUT2D eigenvalue weighted by Crippen LogP contribution is -2.50. The van der Waals surface area contributed by atoms with Crippen molar-refractivity contribution in [1.29, 1.82) is 0 Å². The Kier molecular flexibility index (Phi) is 39.8. The Morgan fingerprint density at radius 2 is 0.883 bits per heavy atom. The number of likely N-dealkylation sites (N-methyl/N-ethyl adjacent to an activating group) is 1. The van der Waals surface area contributed by atoms with Crippen molar-refractivity contribution in [2.45, 2.75) is 187 Å². The van der Waals surface area contributed by atoms with Crippen molar-refractivity contribution in [3.63, 3.8) is 0 Å². The fourth-order valence-corrected chi connectivity index (χ4v) is 6.45. The van der Waals surface area contributed by atoms with Crippen molar-refractivity contribution in [3.8, 4) is 0 Å². The molecule has 0 aliphatic heterocycles. The number of hydrogen-bond donors (Lipinski definition) is 1. The first-order valence-electron chi connectivity index (χ1n) is 23.6. The number of carboxylic acid groups (broad SMARTS) is 1. The van der Waals surface area contributed by atoms with Gasteiger partial charge in [-0.05, 0) is 83.5 Å². The van der Waals surface area contributed by atoms with Gasteiger partial charge in [0.05, 0.1) is 34.4 Å². The molecule has 60 heavy (non-hydrogen) atoms. The monoisotopic (exact) mass is 839 g/mol. The molecule has 8 heteroatoms. The predicted molar refractivity (Wildman–Crippen MR) is 252 cm³/mol. The predicted octanol–water partition coefficient (Wildman–Crippen LogP) is 13.3. The Labute approximate surface area is 367 Å². The molecule has 0 aliphatic carbocycles. The van der Waals surface area contributed by atoms with Crippen LogP contribution in [0, 0.1) is 0 Å². The highest BCUT2D eigenvalue weighted by molar-refractivity contribution is 5.72. The Bertz CT molecular complexity index is 1250. The zero-order valence-corrected chi connectivity index (χ0v) is 38.9. The van der Waals surface area contributed by atoms with E-state index in [2.05, 4.69) is 98.9 Å². The Morgan fingerprint density at radius 1 is 0.500 bits per heavy atom. The summed E-state index contributed by atoms with van der Waals surface area (Å²) in [5.74, 6) is -1.52. The lowest BCUT2D eigenvalue weighted by atomic mass is 10.0. The molecular weight excluding hydrogens is 751 g/mol. The van der Waals surface area contributed by atoms with E-state index in [0.717, 1.165) is 89.9 Å². The van der Waals surface area contributed by atoms with Gasteiger partial charge in [-0.3, -0.25) is 9.59 Å². The molecule has 0 radical (unpaired) electrons. The molecule has 0 aromatic heterocycles. The highest BCUT2D eigenvalue weighted by Crippen LogP contribution is 2.14. The van der Waals surface area contributed by atoms with E-state index in [1.807, 2.05) is 21.1 Å². The summed E-state index contributed by atoms with van der Waals surface area (Å²) < 4.78 is 17.3. The van der Waals surface area contributed by atoms with Crippen LogP contribution in [0.25, 0.3) is 0 Å². The molecule has 8 nitrogen and oxygen atoms in total. The van der Waals surface area contributed by atoms with Gasteiger partial charge in [0.1, 0.15) is 6.61 Å². The van der Waals surface area contributed by atoms with E-state index >= 15 is 0 Å². The summed E-state index contributed by atoms with van der Waals surface area (Å²) in [5, 5.41) is 9.64. The molecule has 0 fully saturated rings. The number of nitrogens with zero attached hydrogens (tertiary/aromatic N) is 1. The summed E-state index contributed by atoms with van der Waals surface area (Å²) in [6.45, 7) is 4.47. The van der Waals surface area contributed by atoms with Crippen LogP contribution in [0.5, 0.6) is 0 Å². The molecule has 0 amide bonds. The highest BCUT2D eigenvalue weighted by atomic mass is 16.6. The summed E-state index contributed by atoms with van der Waals surface area (Å²) in [4.78, 5) is 37.1. The molecule has 0 saturated heterocycles. The second kappa shape index (κ2) is 42.2. The number of aliphatic carboxylic acids is 1. The summed E-state index contributed by atoms with van der Waals surface area (Å²) in [6.07, 6.45) is 54.8. The zero-order chi connectivity index (χ0) is 44.2. The Hall–Kier alpha value is -3.49. The average molecular weight is 839 g/mol. The van der Waals surface area contributed by atoms with Crippen LogP contribution in [-0.2, 0) is 28.6 Å². The van der Waals surface area contributed by atoms with Crippen LogP contribution in [0.1, 0.15) is 174 Å². The minimum atomic E-state index is -0.883. The van der Waals surface area contributed by atoms with Gasteiger partial charge in [-0.2, -0.15) is 0 Å². The average Bonchev–Trinajstić information content (AvgIpc) is 3.21. The molecular formula is C52H88NO7+. The van der Waals surface area contributed by atoms with Crippen LogP contribution >= 0.6 is 0 Å². The van der Waals surface area contributed by atoms with Gasteiger partial charge in [0.25, 0.3) is 0 Å². The SMILES string of the molecule is CC/C=C/C/C=C/C/C=C/C/C=C/CCCCCC(=O)OCC(COCCC(C(=O)O)[N+](C)(C)C)OC(=O)CCCCCCCCCCCC/C=C/C/C=C/C/C=C/CC. The number of esters is 2. The zero-order valence-electron chi connectivity index (χ0n) is 38.9. The fraction of sp³-hybridized carbons (Fsp3) is 0.673. The number of carbonyl (C=O) groups excluding carboxylic acids is 2. The minimum Gasteiger partial charge on any atom is -0.477 e. The number of quaternary nitrogens is 1. The van der Waals surface area contributed by atoms with E-state index in [1.165, 1.54) is 51.4 Å².